The van der Waals surface area contributed by atoms with Crippen molar-refractivity contribution in [3.8, 4) is 5.75 Å². The van der Waals surface area contributed by atoms with Crippen LogP contribution in [0.3, 0.4) is 0 Å². The first-order valence-corrected chi connectivity index (χ1v) is 8.36. The molecule has 1 aliphatic heterocycles. The van der Waals surface area contributed by atoms with Gasteiger partial charge in [0.2, 0.25) is 0 Å². The average molecular weight is 308 g/mol. The average Bonchev–Trinajstić information content (AvgIpc) is 2.51. The smallest absolute Gasteiger partial charge is 0.137 e. The van der Waals surface area contributed by atoms with E-state index in [2.05, 4.69) is 26.0 Å². The van der Waals surface area contributed by atoms with Gasteiger partial charge in [-0.3, -0.25) is 0 Å². The van der Waals surface area contributed by atoms with Crippen molar-refractivity contribution in [2.24, 2.45) is 0 Å². The maximum atomic E-state index is 10.3. The number of nitrogens with one attached hydrogen (secondary N) is 1. The van der Waals surface area contributed by atoms with Crippen LogP contribution in [0.4, 0.5) is 0 Å². The molecule has 1 aliphatic rings. The molecule has 1 aromatic rings. The summed E-state index contributed by atoms with van der Waals surface area (Å²) < 4.78 is 5.89. The van der Waals surface area contributed by atoms with Crippen molar-refractivity contribution in [1.82, 2.24) is 0 Å². The first-order valence-electron chi connectivity index (χ1n) is 8.36. The Kier molecular flexibility index (Phi) is 6.24. The number of quaternary nitrogens is 1. The Morgan fingerprint density at radius 1 is 1.23 bits per heavy atom. The van der Waals surface area contributed by atoms with Gasteiger partial charge in [-0.15, -0.1) is 0 Å². The molecule has 0 amide bonds. The molecule has 0 saturated carbocycles. The van der Waals surface area contributed by atoms with Crippen LogP contribution >= 0.6 is 0 Å². The van der Waals surface area contributed by atoms with E-state index >= 15 is 0 Å². The van der Waals surface area contributed by atoms with Crippen LogP contribution in [0.15, 0.2) is 12.1 Å². The van der Waals surface area contributed by atoms with Gasteiger partial charge in [-0.1, -0.05) is 12.1 Å². The molecular formula is C18H30NO3+. The Hall–Kier alpha value is -1.10. The fourth-order valence-corrected chi connectivity index (χ4v) is 3.33. The van der Waals surface area contributed by atoms with E-state index in [9.17, 15) is 10.2 Å². The normalized spacial score (nSPS) is 23.3. The van der Waals surface area contributed by atoms with E-state index in [1.807, 2.05) is 6.92 Å². The Morgan fingerprint density at radius 2 is 1.95 bits per heavy atom. The zero-order valence-corrected chi connectivity index (χ0v) is 14.1. The fourth-order valence-electron chi connectivity index (χ4n) is 3.33. The van der Waals surface area contributed by atoms with Gasteiger partial charge in [0.15, 0.2) is 0 Å². The Labute approximate surface area is 133 Å². The number of aliphatic hydroxyl groups is 2. The lowest BCUT2D eigenvalue weighted by Crippen LogP contribution is -3.18. The van der Waals surface area contributed by atoms with Crippen molar-refractivity contribution in [3.05, 3.63) is 28.8 Å². The van der Waals surface area contributed by atoms with Crippen LogP contribution < -0.4 is 9.64 Å². The summed E-state index contributed by atoms with van der Waals surface area (Å²) in [5.41, 5.74) is 3.46. The lowest BCUT2D eigenvalue weighted by molar-refractivity contribution is -0.933. The molecule has 3 atom stereocenters. The van der Waals surface area contributed by atoms with E-state index in [0.717, 1.165) is 29.8 Å². The minimum absolute atomic E-state index is 0.207. The summed E-state index contributed by atoms with van der Waals surface area (Å²) in [5.74, 6) is 0.895. The molecule has 1 heterocycles. The predicted molar refractivity (Wildman–Crippen MR) is 87.6 cm³/mol. The van der Waals surface area contributed by atoms with E-state index in [-0.39, 0.29) is 12.6 Å². The second-order valence-corrected chi connectivity index (χ2v) is 6.61. The van der Waals surface area contributed by atoms with Crippen LogP contribution in [-0.4, -0.2) is 48.7 Å². The van der Waals surface area contributed by atoms with Gasteiger partial charge in [0, 0.05) is 6.42 Å². The Bertz CT molecular complexity index is 489. The minimum Gasteiger partial charge on any atom is -0.490 e. The summed E-state index contributed by atoms with van der Waals surface area (Å²) in [7, 11) is 0. The topological polar surface area (TPSA) is 54.1 Å². The number of ether oxygens (including phenoxy) is 1. The van der Waals surface area contributed by atoms with Crippen molar-refractivity contribution in [3.63, 3.8) is 0 Å². The molecule has 1 saturated heterocycles. The number of aryl methyl sites for hydroxylation is 2. The third-order valence-corrected chi connectivity index (χ3v) is 4.89. The van der Waals surface area contributed by atoms with Crippen LogP contribution in [0.2, 0.25) is 0 Å². The lowest BCUT2D eigenvalue weighted by atomic mass is 10.0. The third-order valence-electron chi connectivity index (χ3n) is 4.89. The molecule has 4 nitrogen and oxygen atoms in total. The van der Waals surface area contributed by atoms with Gasteiger partial charge in [0.1, 0.15) is 31.0 Å². The molecule has 1 fully saturated rings. The van der Waals surface area contributed by atoms with Gasteiger partial charge in [-0.05, 0) is 50.3 Å². The number of hydrogen-bond donors (Lipinski definition) is 3. The fraction of sp³-hybridized carbons (Fsp3) is 0.667. The van der Waals surface area contributed by atoms with E-state index in [4.69, 9.17) is 4.74 Å². The summed E-state index contributed by atoms with van der Waals surface area (Å²) >= 11 is 0. The van der Waals surface area contributed by atoms with Crippen LogP contribution in [0.1, 0.15) is 36.0 Å². The van der Waals surface area contributed by atoms with E-state index < -0.39 is 6.10 Å². The zero-order valence-electron chi connectivity index (χ0n) is 14.1. The second-order valence-electron chi connectivity index (χ2n) is 6.61. The number of piperidine rings is 1. The summed E-state index contributed by atoms with van der Waals surface area (Å²) in [6.07, 6.45) is 2.91. The SMILES string of the molecule is Cc1ccc(C)c(OC[C@H](O)C[NH+]2CCCC[C@@H]2CO)c1C. The molecule has 0 bridgehead atoms. The Balaban J connectivity index is 1.90. The number of benzene rings is 1. The molecule has 0 radical (unpaired) electrons. The van der Waals surface area contributed by atoms with E-state index in [1.54, 1.807) is 0 Å². The molecule has 2 rings (SSSR count). The van der Waals surface area contributed by atoms with E-state index in [0.29, 0.717) is 13.2 Å². The number of likely N-dealkylation sites (tertiary alicyclic amines) is 1. The van der Waals surface area contributed by atoms with Gasteiger partial charge in [0.05, 0.1) is 13.2 Å². The summed E-state index contributed by atoms with van der Waals surface area (Å²) in [4.78, 5) is 1.31. The van der Waals surface area contributed by atoms with Crippen molar-refractivity contribution in [2.75, 3.05) is 26.3 Å². The summed E-state index contributed by atoms with van der Waals surface area (Å²) in [6.45, 7) is 8.36. The molecule has 3 N–H and O–H groups in total. The highest BCUT2D eigenvalue weighted by molar-refractivity contribution is 5.44. The molecule has 0 aliphatic carbocycles. The monoisotopic (exact) mass is 308 g/mol. The van der Waals surface area contributed by atoms with Crippen molar-refractivity contribution in [1.29, 1.82) is 0 Å². The molecular weight excluding hydrogens is 278 g/mol. The van der Waals surface area contributed by atoms with Crippen molar-refractivity contribution in [2.45, 2.75) is 52.2 Å². The van der Waals surface area contributed by atoms with Gasteiger partial charge < -0.3 is 19.8 Å². The van der Waals surface area contributed by atoms with Crippen molar-refractivity contribution >= 4 is 0 Å². The minimum atomic E-state index is -0.499. The maximum Gasteiger partial charge on any atom is 0.137 e. The van der Waals surface area contributed by atoms with Crippen LogP contribution in [0.25, 0.3) is 0 Å². The highest BCUT2D eigenvalue weighted by atomic mass is 16.5. The first-order chi connectivity index (χ1) is 10.5. The third kappa shape index (κ3) is 4.22. The zero-order chi connectivity index (χ0) is 16.1. The van der Waals surface area contributed by atoms with Gasteiger partial charge >= 0.3 is 0 Å². The number of aliphatic hydroxyl groups excluding tert-OH is 2. The number of rotatable bonds is 6. The lowest BCUT2D eigenvalue weighted by Gasteiger charge is -2.32. The standard InChI is InChI=1S/C18H29NO3/c1-13-7-8-14(2)18(15(13)3)22-12-17(21)10-19-9-5-4-6-16(19)11-20/h7-8,16-17,20-21H,4-6,9-12H2,1-3H3/p+1/t16-,17-/m1/s1. The summed E-state index contributed by atoms with van der Waals surface area (Å²) in [5, 5.41) is 19.8. The molecule has 124 valence electrons. The van der Waals surface area contributed by atoms with Gasteiger partial charge in [0.25, 0.3) is 0 Å². The first kappa shape index (κ1) is 17.3. The quantitative estimate of drug-likeness (QED) is 0.728. The van der Waals surface area contributed by atoms with Crippen LogP contribution in [0.5, 0.6) is 5.75 Å². The van der Waals surface area contributed by atoms with Gasteiger partial charge in [-0.25, -0.2) is 0 Å². The van der Waals surface area contributed by atoms with Crippen molar-refractivity contribution < 1.29 is 19.8 Å². The molecule has 22 heavy (non-hydrogen) atoms. The molecule has 1 aromatic carbocycles. The van der Waals surface area contributed by atoms with Gasteiger partial charge in [-0.2, -0.15) is 0 Å². The molecule has 0 aromatic heterocycles. The second kappa shape index (κ2) is 7.95. The van der Waals surface area contributed by atoms with Crippen LogP contribution in [-0.2, 0) is 0 Å². The largest absolute Gasteiger partial charge is 0.490 e. The highest BCUT2D eigenvalue weighted by Gasteiger charge is 2.27. The summed E-state index contributed by atoms with van der Waals surface area (Å²) in [6, 6.07) is 4.42. The van der Waals surface area contributed by atoms with E-state index in [1.165, 1.54) is 23.3 Å². The number of hydrogen-bond acceptors (Lipinski definition) is 3. The molecule has 4 heteroatoms. The van der Waals surface area contributed by atoms with Crippen LogP contribution in [0, 0.1) is 20.8 Å². The predicted octanol–water partition coefficient (Wildman–Crippen LogP) is 0.781. The molecule has 1 unspecified atom stereocenters. The highest BCUT2D eigenvalue weighted by Crippen LogP contribution is 2.25. The molecule has 0 spiro atoms. The maximum absolute atomic E-state index is 10.3. The Morgan fingerprint density at radius 3 is 2.68 bits per heavy atom.